The summed E-state index contributed by atoms with van der Waals surface area (Å²) in [5, 5.41) is 3.43. The first-order valence-corrected chi connectivity index (χ1v) is 17.9. The van der Waals surface area contributed by atoms with Gasteiger partial charge in [-0.2, -0.15) is 0 Å². The van der Waals surface area contributed by atoms with Crippen LogP contribution < -0.4 is 7.16 Å². The van der Waals surface area contributed by atoms with Crippen LogP contribution in [0.25, 0.3) is 21.5 Å². The molecule has 0 fully saturated rings. The fraction of sp³-hybridized carbons (Fsp3) is 0. The maximum absolute atomic E-state index is 14.0. The van der Waals surface area contributed by atoms with Gasteiger partial charge in [0.15, 0.2) is 0 Å². The first-order chi connectivity index (χ1) is 19.2. The molecule has 6 aromatic carbocycles. The van der Waals surface area contributed by atoms with Crippen molar-refractivity contribution in [2.75, 3.05) is 0 Å². The molecule has 5 heteroatoms. The van der Waals surface area contributed by atoms with Crippen molar-refractivity contribution in [1.82, 2.24) is 0 Å². The van der Waals surface area contributed by atoms with E-state index in [1.807, 2.05) is 133 Å². The SMILES string of the molecule is O=C([O][Sn]([O]C(=O)c1cccc2ccccc12)([c]1ccccc1)[c]1ccccc1)c1cccc2ccccc12. The zero-order valence-electron chi connectivity index (χ0n) is 21.0. The zero-order chi connectivity index (χ0) is 26.7. The molecule has 188 valence electrons. The molecule has 0 N–H and O–H groups in total. The minimum atomic E-state index is -4.97. The van der Waals surface area contributed by atoms with Gasteiger partial charge in [-0.3, -0.25) is 0 Å². The second kappa shape index (κ2) is 10.7. The molecule has 0 amide bonds. The van der Waals surface area contributed by atoms with Crippen molar-refractivity contribution in [2.45, 2.75) is 0 Å². The minimum absolute atomic E-state index is 0.433. The fourth-order valence-corrected chi connectivity index (χ4v) is 13.1. The maximum atomic E-state index is 14.0. The topological polar surface area (TPSA) is 52.6 Å². The van der Waals surface area contributed by atoms with Crippen molar-refractivity contribution < 1.29 is 15.7 Å². The molecule has 4 nitrogen and oxygen atoms in total. The molecule has 0 spiro atoms. The van der Waals surface area contributed by atoms with Crippen molar-refractivity contribution in [2.24, 2.45) is 0 Å². The molecule has 0 heterocycles. The summed E-state index contributed by atoms with van der Waals surface area (Å²) in [7, 11) is 0. The standard InChI is InChI=1S/2C11H8O2.2C6H5.Sn/c2*12-11(13)10-7-3-5-8-4-1-2-6-9(8)10;2*1-2-4-6-5-3-1;/h2*1-7H,(H,12,13);2*1-5H;/q;;;;+2/p-2. The van der Waals surface area contributed by atoms with Gasteiger partial charge in [0.1, 0.15) is 0 Å². The van der Waals surface area contributed by atoms with E-state index in [4.69, 9.17) is 6.15 Å². The third-order valence-electron chi connectivity index (χ3n) is 6.80. The number of hydrogen-bond acceptors (Lipinski definition) is 4. The van der Waals surface area contributed by atoms with Crippen LogP contribution in [0.5, 0.6) is 0 Å². The van der Waals surface area contributed by atoms with Crippen molar-refractivity contribution in [1.29, 1.82) is 0 Å². The van der Waals surface area contributed by atoms with Crippen LogP contribution in [0.15, 0.2) is 146 Å². The number of carbonyl (C=O) groups is 2. The summed E-state index contributed by atoms with van der Waals surface area (Å²) in [5.74, 6) is -1.03. The average molecular weight is 615 g/mol. The molecule has 0 aliphatic rings. The van der Waals surface area contributed by atoms with E-state index in [1.54, 1.807) is 12.1 Å². The van der Waals surface area contributed by atoms with Crippen molar-refractivity contribution in [3.63, 3.8) is 0 Å². The molecule has 0 aromatic heterocycles. The molecule has 0 aliphatic carbocycles. The molecule has 6 aromatic rings. The van der Waals surface area contributed by atoms with Gasteiger partial charge in [-0.1, -0.05) is 0 Å². The van der Waals surface area contributed by atoms with E-state index in [0.29, 0.717) is 11.1 Å². The van der Waals surface area contributed by atoms with Gasteiger partial charge in [-0.25, -0.2) is 0 Å². The number of carbonyl (C=O) groups excluding carboxylic acids is 2. The Kier molecular flexibility index (Phi) is 6.86. The van der Waals surface area contributed by atoms with Crippen molar-refractivity contribution in [3.8, 4) is 0 Å². The molecule has 0 bridgehead atoms. The Morgan fingerprint density at radius 1 is 0.410 bits per heavy atom. The number of rotatable bonds is 6. The molecule has 0 saturated heterocycles. The summed E-state index contributed by atoms with van der Waals surface area (Å²) in [6, 6.07) is 45.3. The van der Waals surface area contributed by atoms with Gasteiger partial charge in [0.2, 0.25) is 0 Å². The second-order valence-corrected chi connectivity index (χ2v) is 17.2. The molecule has 0 atom stereocenters. The Morgan fingerprint density at radius 3 is 1.21 bits per heavy atom. The fourth-order valence-electron chi connectivity index (χ4n) is 4.92. The summed E-state index contributed by atoms with van der Waals surface area (Å²) >= 11 is -4.97. The third kappa shape index (κ3) is 4.79. The van der Waals surface area contributed by atoms with Crippen LogP contribution in [0.4, 0.5) is 0 Å². The van der Waals surface area contributed by atoms with Gasteiger partial charge in [-0.05, 0) is 0 Å². The summed E-state index contributed by atoms with van der Waals surface area (Å²) < 4.78 is 14.5. The second-order valence-electron chi connectivity index (χ2n) is 9.18. The van der Waals surface area contributed by atoms with Gasteiger partial charge in [0.05, 0.1) is 0 Å². The van der Waals surface area contributed by atoms with Gasteiger partial charge in [0.25, 0.3) is 0 Å². The molecule has 0 unspecified atom stereocenters. The van der Waals surface area contributed by atoms with Crippen LogP contribution in [0.2, 0.25) is 0 Å². The average Bonchev–Trinajstić information content (AvgIpc) is 3.01. The summed E-state index contributed by atoms with van der Waals surface area (Å²) in [5.41, 5.74) is 0.865. The number of hydrogen-bond donors (Lipinski definition) is 0. The van der Waals surface area contributed by atoms with Crippen LogP contribution in [-0.4, -0.2) is 31.1 Å². The molecule has 0 radical (unpaired) electrons. The predicted molar refractivity (Wildman–Crippen MR) is 157 cm³/mol. The van der Waals surface area contributed by atoms with E-state index in [9.17, 15) is 9.59 Å². The Bertz CT molecular complexity index is 1650. The first-order valence-electron chi connectivity index (χ1n) is 12.7. The summed E-state index contributed by atoms with van der Waals surface area (Å²) in [4.78, 5) is 28.0. The zero-order valence-corrected chi connectivity index (χ0v) is 23.8. The van der Waals surface area contributed by atoms with E-state index in [2.05, 4.69) is 0 Å². The Labute approximate surface area is 231 Å². The van der Waals surface area contributed by atoms with E-state index in [1.165, 1.54) is 0 Å². The third-order valence-corrected chi connectivity index (χ3v) is 15.7. The number of fused-ring (bicyclic) bond motifs is 2. The van der Waals surface area contributed by atoms with Crippen LogP contribution in [0.3, 0.4) is 0 Å². The predicted octanol–water partition coefficient (Wildman–Crippen LogP) is 6.26. The van der Waals surface area contributed by atoms with Crippen molar-refractivity contribution >= 4 is 59.8 Å². The van der Waals surface area contributed by atoms with Gasteiger partial charge >= 0.3 is 232 Å². The molecule has 6 rings (SSSR count). The first kappa shape index (κ1) is 24.9. The van der Waals surface area contributed by atoms with Gasteiger partial charge in [0, 0.05) is 0 Å². The Balaban J connectivity index is 1.52. The summed E-state index contributed by atoms with van der Waals surface area (Å²) in [6.45, 7) is 0. The number of benzene rings is 6. The van der Waals surface area contributed by atoms with E-state index >= 15 is 0 Å². The molecule has 0 saturated carbocycles. The molecular formula is C34H24O4Sn. The van der Waals surface area contributed by atoms with Crippen LogP contribution in [-0.2, 0) is 6.15 Å². The Hall–Kier alpha value is -4.42. The normalized spacial score (nSPS) is 11.3. The quantitative estimate of drug-likeness (QED) is 0.208. The van der Waals surface area contributed by atoms with E-state index in [0.717, 1.165) is 28.7 Å². The Morgan fingerprint density at radius 2 is 0.769 bits per heavy atom. The van der Waals surface area contributed by atoms with Crippen LogP contribution >= 0.6 is 0 Å². The van der Waals surface area contributed by atoms with Gasteiger partial charge in [-0.15, -0.1) is 0 Å². The van der Waals surface area contributed by atoms with Crippen LogP contribution in [0, 0.1) is 0 Å². The van der Waals surface area contributed by atoms with Crippen LogP contribution in [0.1, 0.15) is 20.7 Å². The molecular weight excluding hydrogens is 591 g/mol. The molecule has 0 aliphatic heterocycles. The molecule has 39 heavy (non-hydrogen) atoms. The van der Waals surface area contributed by atoms with Crippen molar-refractivity contribution in [3.05, 3.63) is 157 Å². The summed E-state index contributed by atoms with van der Waals surface area (Å²) in [6.07, 6.45) is 0. The van der Waals surface area contributed by atoms with Gasteiger partial charge < -0.3 is 0 Å². The van der Waals surface area contributed by atoms with E-state index in [-0.39, 0.29) is 0 Å². The van der Waals surface area contributed by atoms with E-state index < -0.39 is 31.1 Å². The monoisotopic (exact) mass is 616 g/mol.